The standard InChI is InChI=1S/C14H15BrClN3O3/c1-4-10-18-11(14(20)22-5-2)12(16)19(10)13-9(21-3)6-8(15)7-17-13/h6-7H,4-5H2,1-3H3. The van der Waals surface area contributed by atoms with Crippen LogP contribution in [-0.4, -0.2) is 34.2 Å². The zero-order valence-electron chi connectivity index (χ0n) is 12.4. The average Bonchev–Trinajstić information content (AvgIpc) is 2.84. The van der Waals surface area contributed by atoms with Crippen LogP contribution in [0.4, 0.5) is 0 Å². The predicted octanol–water partition coefficient (Wildman–Crippen LogP) is 3.43. The molecule has 0 aliphatic rings. The number of halogens is 2. The van der Waals surface area contributed by atoms with Gasteiger partial charge in [0.15, 0.2) is 17.3 Å². The van der Waals surface area contributed by atoms with Gasteiger partial charge in [0.1, 0.15) is 11.0 Å². The molecule has 0 radical (unpaired) electrons. The number of pyridine rings is 1. The fourth-order valence-electron chi connectivity index (χ4n) is 1.96. The van der Waals surface area contributed by atoms with Gasteiger partial charge < -0.3 is 9.47 Å². The predicted molar refractivity (Wildman–Crippen MR) is 86.0 cm³/mol. The van der Waals surface area contributed by atoms with Gasteiger partial charge in [-0.15, -0.1) is 0 Å². The van der Waals surface area contributed by atoms with Crippen molar-refractivity contribution in [2.45, 2.75) is 20.3 Å². The number of aromatic nitrogens is 3. The molecular formula is C14H15BrClN3O3. The number of rotatable bonds is 5. The van der Waals surface area contributed by atoms with Gasteiger partial charge in [0.2, 0.25) is 0 Å². The molecule has 0 N–H and O–H groups in total. The molecule has 0 aliphatic carbocycles. The summed E-state index contributed by atoms with van der Waals surface area (Å²) >= 11 is 9.67. The lowest BCUT2D eigenvalue weighted by molar-refractivity contribution is 0.0520. The van der Waals surface area contributed by atoms with Gasteiger partial charge in [0.25, 0.3) is 0 Å². The highest BCUT2D eigenvalue weighted by molar-refractivity contribution is 9.10. The summed E-state index contributed by atoms with van der Waals surface area (Å²) in [6, 6.07) is 1.77. The van der Waals surface area contributed by atoms with Crippen molar-refractivity contribution >= 4 is 33.5 Å². The molecule has 2 aromatic heterocycles. The van der Waals surface area contributed by atoms with Crippen LogP contribution in [0.15, 0.2) is 16.7 Å². The van der Waals surface area contributed by atoms with Crippen LogP contribution < -0.4 is 4.74 Å². The van der Waals surface area contributed by atoms with Crippen molar-refractivity contribution in [2.75, 3.05) is 13.7 Å². The number of hydrogen-bond donors (Lipinski definition) is 0. The molecule has 0 unspecified atom stereocenters. The molecule has 0 fully saturated rings. The molecule has 8 heteroatoms. The summed E-state index contributed by atoms with van der Waals surface area (Å²) in [5.74, 6) is 1.02. The third-order valence-corrected chi connectivity index (χ3v) is 3.69. The van der Waals surface area contributed by atoms with E-state index in [1.54, 1.807) is 23.8 Å². The zero-order valence-corrected chi connectivity index (χ0v) is 14.7. The molecule has 118 valence electrons. The minimum Gasteiger partial charge on any atom is -0.493 e. The highest BCUT2D eigenvalue weighted by Gasteiger charge is 2.24. The van der Waals surface area contributed by atoms with Gasteiger partial charge >= 0.3 is 5.97 Å². The van der Waals surface area contributed by atoms with Crippen LogP contribution in [0.2, 0.25) is 5.15 Å². The Balaban J connectivity index is 2.62. The molecule has 0 aromatic carbocycles. The second-order valence-corrected chi connectivity index (χ2v) is 5.53. The summed E-state index contributed by atoms with van der Waals surface area (Å²) in [5, 5.41) is 0.156. The zero-order chi connectivity index (χ0) is 16.3. The van der Waals surface area contributed by atoms with Crippen molar-refractivity contribution in [3.63, 3.8) is 0 Å². The largest absolute Gasteiger partial charge is 0.493 e. The molecule has 2 rings (SSSR count). The van der Waals surface area contributed by atoms with Crippen LogP contribution in [0.25, 0.3) is 5.82 Å². The lowest BCUT2D eigenvalue weighted by Crippen LogP contribution is -2.07. The van der Waals surface area contributed by atoms with Crippen molar-refractivity contribution in [1.82, 2.24) is 14.5 Å². The van der Waals surface area contributed by atoms with Gasteiger partial charge in [0, 0.05) is 17.1 Å². The first-order chi connectivity index (χ1) is 10.5. The number of carbonyl (C=O) groups excluding carboxylic acids is 1. The summed E-state index contributed by atoms with van der Waals surface area (Å²) in [4.78, 5) is 20.5. The van der Waals surface area contributed by atoms with Gasteiger partial charge in [-0.2, -0.15) is 0 Å². The van der Waals surface area contributed by atoms with E-state index in [9.17, 15) is 4.79 Å². The highest BCUT2D eigenvalue weighted by Crippen LogP contribution is 2.30. The molecule has 0 aliphatic heterocycles. The topological polar surface area (TPSA) is 66.2 Å². The SMILES string of the molecule is CCOC(=O)c1nc(CC)n(-c2ncc(Br)cc2OC)c1Cl. The molecule has 0 spiro atoms. The first kappa shape index (κ1) is 16.8. The Hall–Kier alpha value is -1.60. The van der Waals surface area contributed by atoms with E-state index < -0.39 is 5.97 Å². The Morgan fingerprint density at radius 1 is 1.45 bits per heavy atom. The summed E-state index contributed by atoms with van der Waals surface area (Å²) < 4.78 is 12.7. The first-order valence-corrected chi connectivity index (χ1v) is 7.84. The first-order valence-electron chi connectivity index (χ1n) is 6.67. The average molecular weight is 389 g/mol. The van der Waals surface area contributed by atoms with Gasteiger partial charge in [-0.25, -0.2) is 14.8 Å². The second-order valence-electron chi connectivity index (χ2n) is 4.26. The van der Waals surface area contributed by atoms with Gasteiger partial charge in [-0.3, -0.25) is 4.57 Å². The van der Waals surface area contributed by atoms with Crippen molar-refractivity contribution in [3.05, 3.63) is 33.4 Å². The summed E-state index contributed by atoms with van der Waals surface area (Å²) in [7, 11) is 1.54. The van der Waals surface area contributed by atoms with E-state index in [-0.39, 0.29) is 17.5 Å². The van der Waals surface area contributed by atoms with E-state index in [1.165, 1.54) is 7.11 Å². The van der Waals surface area contributed by atoms with E-state index in [0.29, 0.717) is 23.8 Å². The van der Waals surface area contributed by atoms with E-state index in [1.807, 2.05) is 6.92 Å². The number of nitrogens with zero attached hydrogens (tertiary/aromatic N) is 3. The third-order valence-electron chi connectivity index (χ3n) is 2.91. The Labute approximate surface area is 141 Å². The fraction of sp³-hybridized carbons (Fsp3) is 0.357. The summed E-state index contributed by atoms with van der Waals surface area (Å²) in [6.07, 6.45) is 2.19. The molecule has 0 atom stereocenters. The van der Waals surface area contributed by atoms with Gasteiger partial charge in [0.05, 0.1) is 13.7 Å². The molecule has 2 heterocycles. The molecule has 0 saturated heterocycles. The van der Waals surface area contributed by atoms with E-state index in [0.717, 1.165) is 4.47 Å². The number of imidazole rings is 1. The number of carbonyl (C=O) groups is 1. The molecule has 0 saturated carbocycles. The second kappa shape index (κ2) is 7.11. The van der Waals surface area contributed by atoms with E-state index in [4.69, 9.17) is 21.1 Å². The summed E-state index contributed by atoms with van der Waals surface area (Å²) in [5.41, 5.74) is 0.0761. The molecule has 22 heavy (non-hydrogen) atoms. The van der Waals surface area contributed by atoms with Crippen LogP contribution in [0.1, 0.15) is 30.2 Å². The molecular weight excluding hydrogens is 374 g/mol. The van der Waals surface area contributed by atoms with E-state index in [2.05, 4.69) is 25.9 Å². The summed E-state index contributed by atoms with van der Waals surface area (Å²) in [6.45, 7) is 3.89. The minimum atomic E-state index is -0.558. The lowest BCUT2D eigenvalue weighted by atomic mass is 10.4. The van der Waals surface area contributed by atoms with Gasteiger partial charge in [-0.05, 0) is 28.9 Å². The van der Waals surface area contributed by atoms with Crippen LogP contribution in [0.5, 0.6) is 5.75 Å². The van der Waals surface area contributed by atoms with Crippen LogP contribution in [0.3, 0.4) is 0 Å². The smallest absolute Gasteiger partial charge is 0.360 e. The molecule has 2 aromatic rings. The van der Waals surface area contributed by atoms with Crippen LogP contribution >= 0.6 is 27.5 Å². The lowest BCUT2D eigenvalue weighted by Gasteiger charge is -2.11. The Morgan fingerprint density at radius 2 is 2.18 bits per heavy atom. The number of aryl methyl sites for hydroxylation is 1. The normalized spacial score (nSPS) is 10.6. The number of hydrogen-bond acceptors (Lipinski definition) is 5. The highest BCUT2D eigenvalue weighted by atomic mass is 79.9. The molecule has 0 amide bonds. The van der Waals surface area contributed by atoms with Crippen molar-refractivity contribution in [3.8, 4) is 11.6 Å². The minimum absolute atomic E-state index is 0.0761. The third kappa shape index (κ3) is 3.10. The van der Waals surface area contributed by atoms with Crippen molar-refractivity contribution in [2.24, 2.45) is 0 Å². The Morgan fingerprint density at radius 3 is 2.77 bits per heavy atom. The maximum atomic E-state index is 11.9. The van der Waals surface area contributed by atoms with Crippen LogP contribution in [0, 0.1) is 0 Å². The Bertz CT molecular complexity index is 703. The fourth-order valence-corrected chi connectivity index (χ4v) is 2.57. The number of esters is 1. The quantitative estimate of drug-likeness (QED) is 0.734. The molecule has 0 bridgehead atoms. The molecule has 6 nitrogen and oxygen atoms in total. The number of methoxy groups -OCH3 is 1. The van der Waals surface area contributed by atoms with Gasteiger partial charge in [-0.1, -0.05) is 18.5 Å². The van der Waals surface area contributed by atoms with Crippen molar-refractivity contribution < 1.29 is 14.3 Å². The monoisotopic (exact) mass is 387 g/mol. The van der Waals surface area contributed by atoms with Crippen LogP contribution in [-0.2, 0) is 11.2 Å². The van der Waals surface area contributed by atoms with Crippen molar-refractivity contribution in [1.29, 1.82) is 0 Å². The Kier molecular flexibility index (Phi) is 5.42. The maximum absolute atomic E-state index is 11.9. The van der Waals surface area contributed by atoms with E-state index >= 15 is 0 Å². The maximum Gasteiger partial charge on any atom is 0.360 e. The number of ether oxygens (including phenoxy) is 2.